The van der Waals surface area contributed by atoms with Crippen LogP contribution in [0.1, 0.15) is 48.5 Å². The Morgan fingerprint density at radius 1 is 1.24 bits per heavy atom. The molecule has 0 bridgehead atoms. The Bertz CT molecular complexity index is 1370. The first-order valence-electron chi connectivity index (χ1n) is 12.9. The van der Waals surface area contributed by atoms with Crippen LogP contribution in [-0.4, -0.2) is 55.5 Å². The fourth-order valence-corrected chi connectivity index (χ4v) is 4.98. The van der Waals surface area contributed by atoms with E-state index in [1.165, 1.54) is 10.9 Å². The Balaban J connectivity index is 1.31. The van der Waals surface area contributed by atoms with Gasteiger partial charge in [-0.2, -0.15) is 15.5 Å². The van der Waals surface area contributed by atoms with Gasteiger partial charge in [-0.3, -0.25) is 23.9 Å². The first-order valence-corrected chi connectivity index (χ1v) is 12.9. The van der Waals surface area contributed by atoms with E-state index in [9.17, 15) is 14.9 Å². The Hall–Kier alpha value is -4.04. The van der Waals surface area contributed by atoms with E-state index >= 15 is 4.39 Å². The number of nitrogens with two attached hydrogens (primary N) is 1. The molecule has 3 aromatic rings. The molecule has 10 nitrogen and oxygen atoms in total. The van der Waals surface area contributed by atoms with E-state index < -0.39 is 17.6 Å². The molecule has 0 spiro atoms. The highest BCUT2D eigenvalue weighted by atomic mass is 19.1. The molecule has 2 atom stereocenters. The van der Waals surface area contributed by atoms with Crippen molar-refractivity contribution in [1.29, 1.82) is 5.26 Å². The fourth-order valence-electron chi connectivity index (χ4n) is 4.98. The van der Waals surface area contributed by atoms with Crippen molar-refractivity contribution >= 4 is 17.6 Å². The molecule has 11 heteroatoms. The number of anilines is 1. The Kier molecular flexibility index (Phi) is 6.99. The van der Waals surface area contributed by atoms with E-state index in [4.69, 9.17) is 5.73 Å². The number of primary amides is 1. The summed E-state index contributed by atoms with van der Waals surface area (Å²) in [6, 6.07) is 12.1. The maximum absolute atomic E-state index is 15.9. The zero-order valence-corrected chi connectivity index (χ0v) is 21.3. The van der Waals surface area contributed by atoms with Crippen LogP contribution in [0.5, 0.6) is 0 Å². The van der Waals surface area contributed by atoms with Crippen LogP contribution in [0, 0.1) is 17.2 Å². The lowest BCUT2D eigenvalue weighted by atomic mass is 9.83. The van der Waals surface area contributed by atoms with Crippen LogP contribution in [0.2, 0.25) is 0 Å². The maximum atomic E-state index is 15.9. The molecule has 38 heavy (non-hydrogen) atoms. The van der Waals surface area contributed by atoms with Gasteiger partial charge in [-0.15, -0.1) is 0 Å². The normalized spacial score (nSPS) is 21.7. The number of aromatic nitrogens is 4. The van der Waals surface area contributed by atoms with Crippen molar-refractivity contribution in [2.45, 2.75) is 57.4 Å². The molecule has 198 valence electrons. The highest BCUT2D eigenvalue weighted by Crippen LogP contribution is 2.38. The molecule has 1 aromatic carbocycles. The topological polar surface area (TPSA) is 135 Å². The molecule has 1 saturated heterocycles. The third kappa shape index (κ3) is 5.04. The van der Waals surface area contributed by atoms with E-state index in [1.54, 1.807) is 0 Å². The van der Waals surface area contributed by atoms with Gasteiger partial charge in [0.25, 0.3) is 5.91 Å². The second-order valence-corrected chi connectivity index (χ2v) is 10.1. The average molecular weight is 519 g/mol. The standard InChI is InChI=1S/C27H31FN8O2/c1-2-35-13-9-22(32-35)19-5-3-18(4-6-19)15-34-14-11-27(10-12-29,23(28)17-34)36-16-21(24(30)37)25(33-36)31-26(38)20-7-8-20/h3-6,9,13,16,20,23H,2,7-8,10-11,14-15,17H2,1H3,(H2,30,37)(H,31,33,38)/t23?,27-/m0/s1. The molecular weight excluding hydrogens is 487 g/mol. The number of carbonyl (C=O) groups excluding carboxylic acids is 2. The van der Waals surface area contributed by atoms with Gasteiger partial charge in [-0.05, 0) is 37.8 Å². The molecule has 5 rings (SSSR count). The number of hydrogen-bond acceptors (Lipinski definition) is 6. The third-order valence-electron chi connectivity index (χ3n) is 7.49. The molecule has 2 fully saturated rings. The van der Waals surface area contributed by atoms with Crippen LogP contribution in [0.15, 0.2) is 42.7 Å². The molecule has 1 aliphatic carbocycles. The lowest BCUT2D eigenvalue weighted by molar-refractivity contribution is -0.117. The van der Waals surface area contributed by atoms with Gasteiger partial charge in [0.1, 0.15) is 17.3 Å². The van der Waals surface area contributed by atoms with Crippen LogP contribution < -0.4 is 11.1 Å². The van der Waals surface area contributed by atoms with Gasteiger partial charge in [-0.25, -0.2) is 4.39 Å². The largest absolute Gasteiger partial charge is 0.365 e. The molecule has 3 N–H and O–H groups in total. The summed E-state index contributed by atoms with van der Waals surface area (Å²) in [5.41, 5.74) is 7.24. The smallest absolute Gasteiger partial charge is 0.254 e. The van der Waals surface area contributed by atoms with Crippen molar-refractivity contribution in [2.75, 3.05) is 18.4 Å². The summed E-state index contributed by atoms with van der Waals surface area (Å²) in [6.07, 6.45) is 3.63. The van der Waals surface area contributed by atoms with E-state index in [0.717, 1.165) is 36.2 Å². The van der Waals surface area contributed by atoms with E-state index in [2.05, 4.69) is 21.6 Å². The number of benzene rings is 1. The van der Waals surface area contributed by atoms with Gasteiger partial charge >= 0.3 is 0 Å². The van der Waals surface area contributed by atoms with Crippen molar-refractivity contribution in [3.05, 3.63) is 53.9 Å². The van der Waals surface area contributed by atoms with Gasteiger partial charge in [0.2, 0.25) is 5.91 Å². The van der Waals surface area contributed by atoms with Crippen LogP contribution in [0.4, 0.5) is 10.2 Å². The highest BCUT2D eigenvalue weighted by Gasteiger charge is 2.47. The van der Waals surface area contributed by atoms with Crippen molar-refractivity contribution in [2.24, 2.45) is 11.7 Å². The molecule has 2 amide bonds. The number of amides is 2. The molecule has 1 unspecified atom stereocenters. The second kappa shape index (κ2) is 10.4. The van der Waals surface area contributed by atoms with Gasteiger partial charge in [0.05, 0.1) is 18.2 Å². The number of carbonyl (C=O) groups is 2. The minimum absolute atomic E-state index is 0.00908. The number of halogens is 1. The number of rotatable bonds is 9. The predicted molar refractivity (Wildman–Crippen MR) is 138 cm³/mol. The van der Waals surface area contributed by atoms with Crippen LogP contribution in [0.3, 0.4) is 0 Å². The molecule has 2 aliphatic rings. The number of hydrogen-bond donors (Lipinski definition) is 2. The number of alkyl halides is 1. The van der Waals surface area contributed by atoms with Gasteiger partial charge in [-0.1, -0.05) is 24.3 Å². The number of piperidine rings is 1. The third-order valence-corrected chi connectivity index (χ3v) is 7.49. The first-order chi connectivity index (χ1) is 18.3. The molecule has 3 heterocycles. The Morgan fingerprint density at radius 2 is 2.00 bits per heavy atom. The summed E-state index contributed by atoms with van der Waals surface area (Å²) in [5.74, 6) is -1.09. The summed E-state index contributed by atoms with van der Waals surface area (Å²) < 4.78 is 19.1. The van der Waals surface area contributed by atoms with Gasteiger partial charge in [0.15, 0.2) is 5.82 Å². The van der Waals surface area contributed by atoms with Gasteiger partial charge in [0, 0.05) is 50.1 Å². The average Bonchev–Trinajstić information content (AvgIpc) is 3.50. The Morgan fingerprint density at radius 3 is 2.61 bits per heavy atom. The van der Waals surface area contributed by atoms with E-state index in [-0.39, 0.29) is 36.2 Å². The van der Waals surface area contributed by atoms with Crippen molar-refractivity contribution in [3.8, 4) is 17.3 Å². The predicted octanol–water partition coefficient (Wildman–Crippen LogP) is 3.07. The SMILES string of the molecule is CCn1ccc(-c2ccc(CN3CC[C@](CC#N)(n4cc(C(N)=O)c(NC(=O)C5CC5)n4)C(F)C3)cc2)n1. The quantitative estimate of drug-likeness (QED) is 0.447. The van der Waals surface area contributed by atoms with Crippen LogP contribution in [-0.2, 0) is 23.4 Å². The minimum Gasteiger partial charge on any atom is -0.365 e. The van der Waals surface area contributed by atoms with E-state index in [0.29, 0.717) is 19.5 Å². The summed E-state index contributed by atoms with van der Waals surface area (Å²) in [6.45, 7) is 4.03. The highest BCUT2D eigenvalue weighted by molar-refractivity contribution is 6.02. The number of nitriles is 1. The first kappa shape index (κ1) is 25.6. The van der Waals surface area contributed by atoms with Gasteiger partial charge < -0.3 is 11.1 Å². The van der Waals surface area contributed by atoms with Crippen molar-refractivity contribution < 1.29 is 14.0 Å². The second-order valence-electron chi connectivity index (χ2n) is 10.1. The summed E-state index contributed by atoms with van der Waals surface area (Å²) >= 11 is 0. The van der Waals surface area contributed by atoms with Crippen LogP contribution in [0.25, 0.3) is 11.3 Å². The molecular formula is C27H31FN8O2. The number of nitrogens with one attached hydrogen (secondary N) is 1. The zero-order chi connectivity index (χ0) is 26.9. The Labute approximate surface area is 220 Å². The fraction of sp³-hybridized carbons (Fsp3) is 0.444. The summed E-state index contributed by atoms with van der Waals surface area (Å²) in [4.78, 5) is 26.4. The summed E-state index contributed by atoms with van der Waals surface area (Å²) in [5, 5.41) is 21.1. The van der Waals surface area contributed by atoms with E-state index in [1.807, 2.05) is 53.0 Å². The lowest BCUT2D eigenvalue weighted by Crippen LogP contribution is -2.54. The van der Waals surface area contributed by atoms with Crippen molar-refractivity contribution in [3.63, 3.8) is 0 Å². The summed E-state index contributed by atoms with van der Waals surface area (Å²) in [7, 11) is 0. The molecule has 1 aliphatic heterocycles. The van der Waals surface area contributed by atoms with Crippen molar-refractivity contribution in [1.82, 2.24) is 24.5 Å². The number of nitrogens with zero attached hydrogens (tertiary/aromatic N) is 6. The number of likely N-dealkylation sites (tertiary alicyclic amines) is 1. The number of aryl methyl sites for hydroxylation is 1. The molecule has 1 saturated carbocycles. The molecule has 2 aromatic heterocycles. The zero-order valence-electron chi connectivity index (χ0n) is 21.3. The van der Waals surface area contributed by atoms with Crippen LogP contribution >= 0.6 is 0 Å². The lowest BCUT2D eigenvalue weighted by Gasteiger charge is -2.43. The maximum Gasteiger partial charge on any atom is 0.254 e. The minimum atomic E-state index is -1.43. The molecule has 0 radical (unpaired) electrons. The monoisotopic (exact) mass is 518 g/mol.